The third-order valence-electron chi connectivity index (χ3n) is 5.99. The number of nitrogens with one attached hydrogen (secondary N) is 1. The number of sulfonamides is 1. The van der Waals surface area contributed by atoms with Crippen molar-refractivity contribution in [3.8, 4) is 5.75 Å². The SMILES string of the molecule is Cc1cc(COc2ccc(S(=O)(=O)N[C@@H]3CCC[C@@H]3C(=O)OC(C)(C)C)cc2)c2ccccc2n1. The largest absolute Gasteiger partial charge is 0.489 e. The molecule has 0 bridgehead atoms. The van der Waals surface area contributed by atoms with Crippen molar-refractivity contribution < 1.29 is 22.7 Å². The zero-order chi connectivity index (χ0) is 25.2. The second kappa shape index (κ2) is 9.95. The van der Waals surface area contributed by atoms with Crippen molar-refractivity contribution in [2.24, 2.45) is 5.92 Å². The van der Waals surface area contributed by atoms with Crippen LogP contribution < -0.4 is 9.46 Å². The first-order chi connectivity index (χ1) is 16.5. The molecular formula is C27H32N2O5S. The van der Waals surface area contributed by atoms with E-state index < -0.39 is 27.6 Å². The van der Waals surface area contributed by atoms with Crippen LogP contribution in [0.4, 0.5) is 0 Å². The monoisotopic (exact) mass is 496 g/mol. The number of fused-ring (bicyclic) bond motifs is 1. The van der Waals surface area contributed by atoms with E-state index in [0.717, 1.165) is 28.6 Å². The van der Waals surface area contributed by atoms with Gasteiger partial charge in [-0.1, -0.05) is 24.6 Å². The molecule has 0 saturated heterocycles. The van der Waals surface area contributed by atoms with Gasteiger partial charge in [0.05, 0.1) is 16.3 Å². The Labute approximate surface area is 206 Å². The number of aromatic nitrogens is 1. The average Bonchev–Trinajstić information content (AvgIpc) is 3.24. The van der Waals surface area contributed by atoms with Crippen LogP contribution >= 0.6 is 0 Å². The molecule has 186 valence electrons. The summed E-state index contributed by atoms with van der Waals surface area (Å²) in [7, 11) is -3.79. The fourth-order valence-corrected chi connectivity index (χ4v) is 5.73. The Balaban J connectivity index is 1.42. The number of aryl methyl sites for hydroxylation is 1. The number of hydrogen-bond donors (Lipinski definition) is 1. The lowest BCUT2D eigenvalue weighted by molar-refractivity contribution is -0.160. The van der Waals surface area contributed by atoms with Crippen LogP contribution in [0, 0.1) is 12.8 Å². The molecule has 1 saturated carbocycles. The molecule has 1 heterocycles. The summed E-state index contributed by atoms with van der Waals surface area (Å²) in [4.78, 5) is 17.2. The molecule has 3 aromatic rings. The summed E-state index contributed by atoms with van der Waals surface area (Å²) in [6.07, 6.45) is 1.98. The van der Waals surface area contributed by atoms with Gasteiger partial charge in [-0.15, -0.1) is 0 Å². The fraction of sp³-hybridized carbons (Fsp3) is 0.407. The Hall–Kier alpha value is -2.97. The normalized spacial score (nSPS) is 18.5. The molecule has 1 aliphatic rings. The van der Waals surface area contributed by atoms with E-state index >= 15 is 0 Å². The minimum absolute atomic E-state index is 0.130. The highest BCUT2D eigenvalue weighted by Crippen LogP contribution is 2.30. The van der Waals surface area contributed by atoms with Crippen LogP contribution in [0.3, 0.4) is 0 Å². The lowest BCUT2D eigenvalue weighted by atomic mass is 10.0. The molecule has 1 N–H and O–H groups in total. The summed E-state index contributed by atoms with van der Waals surface area (Å²) in [5.41, 5.74) is 2.22. The number of benzene rings is 2. The maximum atomic E-state index is 13.0. The van der Waals surface area contributed by atoms with Gasteiger partial charge in [-0.05, 0) is 76.9 Å². The van der Waals surface area contributed by atoms with Crippen molar-refractivity contribution >= 4 is 26.9 Å². The number of esters is 1. The topological polar surface area (TPSA) is 94.6 Å². The van der Waals surface area contributed by atoms with Gasteiger partial charge in [0.25, 0.3) is 0 Å². The maximum Gasteiger partial charge on any atom is 0.311 e. The molecule has 0 aliphatic heterocycles. The molecule has 0 radical (unpaired) electrons. The molecule has 8 heteroatoms. The first-order valence-corrected chi connectivity index (χ1v) is 13.3. The van der Waals surface area contributed by atoms with Gasteiger partial charge in [0.15, 0.2) is 0 Å². The lowest BCUT2D eigenvalue weighted by Crippen LogP contribution is -2.42. The maximum absolute atomic E-state index is 13.0. The molecule has 1 aromatic heterocycles. The third-order valence-corrected chi connectivity index (χ3v) is 7.50. The summed E-state index contributed by atoms with van der Waals surface area (Å²) in [6.45, 7) is 7.71. The molecule has 0 unspecified atom stereocenters. The second-order valence-electron chi connectivity index (χ2n) is 10.00. The molecule has 2 atom stereocenters. The Morgan fingerprint density at radius 2 is 1.80 bits per heavy atom. The van der Waals surface area contributed by atoms with Gasteiger partial charge in [0.1, 0.15) is 18.0 Å². The summed E-state index contributed by atoms with van der Waals surface area (Å²) in [5, 5.41) is 1.03. The summed E-state index contributed by atoms with van der Waals surface area (Å²) in [6, 6.07) is 15.7. The smallest absolute Gasteiger partial charge is 0.311 e. The highest BCUT2D eigenvalue weighted by Gasteiger charge is 2.38. The molecular weight excluding hydrogens is 464 g/mol. The summed E-state index contributed by atoms with van der Waals surface area (Å²) >= 11 is 0. The van der Waals surface area contributed by atoms with Crippen LogP contribution in [0.5, 0.6) is 5.75 Å². The van der Waals surface area contributed by atoms with E-state index in [1.165, 1.54) is 12.1 Å². The van der Waals surface area contributed by atoms with E-state index in [4.69, 9.17) is 9.47 Å². The molecule has 4 rings (SSSR count). The summed E-state index contributed by atoms with van der Waals surface area (Å²) in [5.74, 6) is -0.273. The first kappa shape index (κ1) is 25.1. The standard InChI is InChI=1S/C27H32N2O5S/c1-18-16-19(22-8-5-6-10-24(22)28-18)17-33-20-12-14-21(15-13-20)35(31,32)29-25-11-7-9-23(25)26(30)34-27(2,3)4/h5-6,8,10,12-16,23,25,29H,7,9,11,17H2,1-4H3/t23-,25+/m0/s1. The molecule has 2 aromatic carbocycles. The fourth-order valence-electron chi connectivity index (χ4n) is 4.42. The van der Waals surface area contributed by atoms with Gasteiger partial charge in [-0.25, -0.2) is 13.1 Å². The number of nitrogens with zero attached hydrogens (tertiary/aromatic N) is 1. The minimum Gasteiger partial charge on any atom is -0.489 e. The Morgan fingerprint density at radius 1 is 1.09 bits per heavy atom. The van der Waals surface area contributed by atoms with E-state index in [2.05, 4.69) is 9.71 Å². The van der Waals surface area contributed by atoms with Crippen molar-refractivity contribution in [2.75, 3.05) is 0 Å². The van der Waals surface area contributed by atoms with Crippen LogP contribution in [0.1, 0.15) is 51.3 Å². The van der Waals surface area contributed by atoms with Crippen LogP contribution in [0.25, 0.3) is 10.9 Å². The number of pyridine rings is 1. The summed E-state index contributed by atoms with van der Waals surface area (Å²) < 4.78 is 40.2. The molecule has 35 heavy (non-hydrogen) atoms. The predicted octanol–water partition coefficient (Wildman–Crippen LogP) is 4.91. The van der Waals surface area contributed by atoms with Gasteiger partial charge >= 0.3 is 5.97 Å². The first-order valence-electron chi connectivity index (χ1n) is 11.9. The predicted molar refractivity (Wildman–Crippen MR) is 135 cm³/mol. The van der Waals surface area contributed by atoms with Crippen LogP contribution in [-0.4, -0.2) is 31.0 Å². The second-order valence-corrected chi connectivity index (χ2v) is 11.7. The van der Waals surface area contributed by atoms with Gasteiger partial charge in [0, 0.05) is 22.7 Å². The van der Waals surface area contributed by atoms with Gasteiger partial charge < -0.3 is 9.47 Å². The van der Waals surface area contributed by atoms with Crippen molar-refractivity contribution in [3.05, 3.63) is 65.9 Å². The van der Waals surface area contributed by atoms with E-state index in [9.17, 15) is 13.2 Å². The molecule has 0 amide bonds. The lowest BCUT2D eigenvalue weighted by Gasteiger charge is -2.25. The van der Waals surface area contributed by atoms with Crippen LogP contribution in [0.15, 0.2) is 59.5 Å². The van der Waals surface area contributed by atoms with E-state index in [0.29, 0.717) is 25.2 Å². The van der Waals surface area contributed by atoms with Crippen LogP contribution in [-0.2, 0) is 26.2 Å². The van der Waals surface area contributed by atoms with Gasteiger partial charge in [-0.3, -0.25) is 9.78 Å². The highest BCUT2D eigenvalue weighted by atomic mass is 32.2. The van der Waals surface area contributed by atoms with E-state index in [1.807, 2.05) is 37.3 Å². The number of carbonyl (C=O) groups excluding carboxylic acids is 1. The Morgan fingerprint density at radius 3 is 2.51 bits per heavy atom. The number of para-hydroxylation sites is 1. The van der Waals surface area contributed by atoms with Gasteiger partial charge in [0.2, 0.25) is 10.0 Å². The zero-order valence-corrected chi connectivity index (χ0v) is 21.4. The zero-order valence-electron chi connectivity index (χ0n) is 20.6. The van der Waals surface area contributed by atoms with Crippen molar-refractivity contribution in [2.45, 2.75) is 70.1 Å². The third kappa shape index (κ3) is 6.18. The Bertz CT molecular complexity index is 1310. The van der Waals surface area contributed by atoms with Crippen LogP contribution in [0.2, 0.25) is 0 Å². The molecule has 0 spiro atoms. The minimum atomic E-state index is -3.79. The molecule has 7 nitrogen and oxygen atoms in total. The quantitative estimate of drug-likeness (QED) is 0.467. The van der Waals surface area contributed by atoms with Crippen molar-refractivity contribution in [1.29, 1.82) is 0 Å². The molecule has 1 fully saturated rings. The van der Waals surface area contributed by atoms with Crippen molar-refractivity contribution in [3.63, 3.8) is 0 Å². The number of carbonyl (C=O) groups is 1. The van der Waals surface area contributed by atoms with E-state index in [1.54, 1.807) is 32.9 Å². The highest BCUT2D eigenvalue weighted by molar-refractivity contribution is 7.89. The molecule has 1 aliphatic carbocycles. The number of hydrogen-bond acceptors (Lipinski definition) is 6. The van der Waals surface area contributed by atoms with Gasteiger partial charge in [-0.2, -0.15) is 0 Å². The number of ether oxygens (including phenoxy) is 2. The van der Waals surface area contributed by atoms with E-state index in [-0.39, 0.29) is 10.9 Å². The number of rotatable bonds is 7. The average molecular weight is 497 g/mol. The van der Waals surface area contributed by atoms with Crippen molar-refractivity contribution in [1.82, 2.24) is 9.71 Å². The Kier molecular flexibility index (Phi) is 7.15.